The predicted octanol–water partition coefficient (Wildman–Crippen LogP) is 3.17. The fraction of sp³-hybridized carbons (Fsp3) is 0.368. The topological polar surface area (TPSA) is 62.7 Å². The molecule has 2 heterocycles. The molecule has 5 heteroatoms. The molecule has 0 saturated carbocycles. The van der Waals surface area contributed by atoms with Gasteiger partial charge < -0.3 is 14.7 Å². The lowest BCUT2D eigenvalue weighted by molar-refractivity contribution is 0.0497. The van der Waals surface area contributed by atoms with Crippen LogP contribution in [0.25, 0.3) is 0 Å². The Hall–Kier alpha value is -2.40. The number of likely N-dealkylation sites (tertiary alicyclic amines) is 1. The van der Waals surface area contributed by atoms with E-state index in [9.17, 15) is 9.90 Å². The Morgan fingerprint density at radius 1 is 1.29 bits per heavy atom. The number of pyridine rings is 1. The lowest BCUT2D eigenvalue weighted by atomic mass is 10.0. The van der Waals surface area contributed by atoms with E-state index in [1.54, 1.807) is 23.2 Å². The highest BCUT2D eigenvalue weighted by molar-refractivity contribution is 5.92. The first kappa shape index (κ1) is 16.5. The summed E-state index contributed by atoms with van der Waals surface area (Å²) >= 11 is 0. The van der Waals surface area contributed by atoms with E-state index in [1.165, 1.54) is 0 Å². The quantitative estimate of drug-likeness (QED) is 0.937. The smallest absolute Gasteiger partial charge is 0.272 e. The van der Waals surface area contributed by atoms with Gasteiger partial charge in [0.25, 0.3) is 5.91 Å². The van der Waals surface area contributed by atoms with E-state index < -0.39 is 0 Å². The Balaban J connectivity index is 1.70. The molecule has 24 heavy (non-hydrogen) atoms. The number of aromatic nitrogens is 1. The van der Waals surface area contributed by atoms with Crippen molar-refractivity contribution in [3.05, 3.63) is 53.9 Å². The summed E-state index contributed by atoms with van der Waals surface area (Å²) in [6, 6.07) is 11.1. The summed E-state index contributed by atoms with van der Waals surface area (Å²) in [6.07, 6.45) is 4.42. The summed E-state index contributed by atoms with van der Waals surface area (Å²) < 4.78 is 5.75. The second kappa shape index (κ2) is 7.45. The van der Waals surface area contributed by atoms with Gasteiger partial charge in [-0.15, -0.1) is 0 Å². The van der Waals surface area contributed by atoms with Crippen molar-refractivity contribution >= 4 is 5.91 Å². The molecular formula is C19H22N2O3. The molecule has 5 nitrogen and oxygen atoms in total. The minimum Gasteiger partial charge on any atom is -0.456 e. The molecule has 3 rings (SSSR count). The van der Waals surface area contributed by atoms with Gasteiger partial charge in [-0.3, -0.25) is 4.79 Å². The van der Waals surface area contributed by atoms with Gasteiger partial charge in [0.15, 0.2) is 0 Å². The lowest BCUT2D eigenvalue weighted by Crippen LogP contribution is -2.45. The number of carbonyl (C=O) groups is 1. The molecule has 1 unspecified atom stereocenters. The number of rotatable bonds is 4. The second-order valence-corrected chi connectivity index (χ2v) is 6.13. The molecule has 0 aliphatic carbocycles. The van der Waals surface area contributed by atoms with Crippen molar-refractivity contribution in [2.45, 2.75) is 32.2 Å². The summed E-state index contributed by atoms with van der Waals surface area (Å²) in [4.78, 5) is 18.6. The average Bonchev–Trinajstić information content (AvgIpc) is 2.62. The number of aliphatic hydroxyl groups is 1. The second-order valence-electron chi connectivity index (χ2n) is 6.13. The third kappa shape index (κ3) is 3.74. The van der Waals surface area contributed by atoms with E-state index in [-0.39, 0.29) is 18.6 Å². The van der Waals surface area contributed by atoms with Gasteiger partial charge in [-0.25, -0.2) is 4.98 Å². The van der Waals surface area contributed by atoms with Crippen LogP contribution in [-0.4, -0.2) is 40.1 Å². The molecule has 1 aliphatic heterocycles. The minimum atomic E-state index is -0.129. The summed E-state index contributed by atoms with van der Waals surface area (Å²) in [7, 11) is 0. The van der Waals surface area contributed by atoms with Gasteiger partial charge in [-0.1, -0.05) is 12.1 Å². The summed E-state index contributed by atoms with van der Waals surface area (Å²) in [6.45, 7) is 2.68. The van der Waals surface area contributed by atoms with E-state index in [0.717, 1.165) is 30.6 Å². The van der Waals surface area contributed by atoms with Gasteiger partial charge in [0.1, 0.15) is 17.2 Å². The third-order valence-electron chi connectivity index (χ3n) is 4.28. The molecule has 2 aromatic rings. The molecule has 1 atom stereocenters. The number of ether oxygens (including phenoxy) is 1. The van der Waals surface area contributed by atoms with Crippen LogP contribution in [-0.2, 0) is 0 Å². The van der Waals surface area contributed by atoms with E-state index in [1.807, 2.05) is 31.2 Å². The Labute approximate surface area is 141 Å². The average molecular weight is 326 g/mol. The molecule has 1 amide bonds. The van der Waals surface area contributed by atoms with Gasteiger partial charge >= 0.3 is 0 Å². The van der Waals surface area contributed by atoms with Crippen molar-refractivity contribution in [2.24, 2.45) is 0 Å². The fourth-order valence-electron chi connectivity index (χ4n) is 2.99. The maximum Gasteiger partial charge on any atom is 0.272 e. The van der Waals surface area contributed by atoms with E-state index in [4.69, 9.17) is 4.74 Å². The number of amides is 1. The van der Waals surface area contributed by atoms with Crippen LogP contribution in [0.3, 0.4) is 0 Å². The molecular weight excluding hydrogens is 304 g/mol. The number of nitrogens with zero attached hydrogens (tertiary/aromatic N) is 2. The number of carbonyl (C=O) groups excluding carboxylic acids is 1. The molecule has 1 fully saturated rings. The van der Waals surface area contributed by atoms with Gasteiger partial charge in [0.05, 0.1) is 18.8 Å². The standard InChI is InChI=1S/C19H22N2O3/c1-14-5-4-7-16(11-14)24-17-8-9-18(20-12-17)19(23)21-10-3-2-6-15(21)13-22/h4-5,7-9,11-12,15,22H,2-3,6,10,13H2,1H3. The molecule has 1 N–H and O–H groups in total. The number of hydrogen-bond acceptors (Lipinski definition) is 4. The van der Waals surface area contributed by atoms with Crippen LogP contribution in [0.4, 0.5) is 0 Å². The van der Waals surface area contributed by atoms with Gasteiger partial charge in [0, 0.05) is 6.54 Å². The maximum absolute atomic E-state index is 12.6. The zero-order chi connectivity index (χ0) is 16.9. The van der Waals surface area contributed by atoms with Crippen molar-refractivity contribution in [3.63, 3.8) is 0 Å². The van der Waals surface area contributed by atoms with Crippen LogP contribution in [0.15, 0.2) is 42.6 Å². The first-order valence-electron chi connectivity index (χ1n) is 8.30. The molecule has 0 radical (unpaired) electrons. The predicted molar refractivity (Wildman–Crippen MR) is 91.3 cm³/mol. The molecule has 1 aliphatic rings. The number of aliphatic hydroxyl groups excluding tert-OH is 1. The number of piperidine rings is 1. The summed E-state index contributed by atoms with van der Waals surface area (Å²) in [5.74, 6) is 1.21. The van der Waals surface area contributed by atoms with Crippen LogP contribution >= 0.6 is 0 Å². The molecule has 1 aromatic heterocycles. The van der Waals surface area contributed by atoms with Crippen molar-refractivity contribution in [1.82, 2.24) is 9.88 Å². The number of hydrogen-bond donors (Lipinski definition) is 1. The minimum absolute atomic E-state index is 0.000291. The van der Waals surface area contributed by atoms with E-state index in [0.29, 0.717) is 18.0 Å². The molecule has 1 aromatic carbocycles. The Kier molecular flexibility index (Phi) is 5.11. The van der Waals surface area contributed by atoms with Crippen LogP contribution in [0, 0.1) is 6.92 Å². The zero-order valence-corrected chi connectivity index (χ0v) is 13.8. The van der Waals surface area contributed by atoms with E-state index in [2.05, 4.69) is 4.98 Å². The van der Waals surface area contributed by atoms with Crippen LogP contribution in [0.2, 0.25) is 0 Å². The Bertz CT molecular complexity index is 700. The van der Waals surface area contributed by atoms with Gasteiger partial charge in [-0.2, -0.15) is 0 Å². The monoisotopic (exact) mass is 326 g/mol. The van der Waals surface area contributed by atoms with Crippen molar-refractivity contribution in [3.8, 4) is 11.5 Å². The molecule has 0 spiro atoms. The normalized spacial score (nSPS) is 17.6. The largest absolute Gasteiger partial charge is 0.456 e. The summed E-state index contributed by atoms with van der Waals surface area (Å²) in [5.41, 5.74) is 1.50. The highest BCUT2D eigenvalue weighted by Gasteiger charge is 2.27. The summed E-state index contributed by atoms with van der Waals surface area (Å²) in [5, 5.41) is 9.45. The molecule has 1 saturated heterocycles. The lowest BCUT2D eigenvalue weighted by Gasteiger charge is -2.34. The first-order valence-corrected chi connectivity index (χ1v) is 8.30. The van der Waals surface area contributed by atoms with Crippen molar-refractivity contribution in [1.29, 1.82) is 0 Å². The van der Waals surface area contributed by atoms with Gasteiger partial charge in [-0.05, 0) is 56.0 Å². The highest BCUT2D eigenvalue weighted by atomic mass is 16.5. The SMILES string of the molecule is Cc1cccc(Oc2ccc(C(=O)N3CCCCC3CO)nc2)c1. The Morgan fingerprint density at radius 2 is 2.17 bits per heavy atom. The number of aryl methyl sites for hydroxylation is 1. The van der Waals surface area contributed by atoms with Crippen LogP contribution in [0.1, 0.15) is 35.3 Å². The van der Waals surface area contributed by atoms with Crippen molar-refractivity contribution in [2.75, 3.05) is 13.2 Å². The Morgan fingerprint density at radius 3 is 2.88 bits per heavy atom. The van der Waals surface area contributed by atoms with E-state index >= 15 is 0 Å². The van der Waals surface area contributed by atoms with Crippen molar-refractivity contribution < 1.29 is 14.6 Å². The van der Waals surface area contributed by atoms with Gasteiger partial charge in [0.2, 0.25) is 0 Å². The first-order chi connectivity index (χ1) is 11.7. The zero-order valence-electron chi connectivity index (χ0n) is 13.8. The fourth-order valence-corrected chi connectivity index (χ4v) is 2.99. The highest BCUT2D eigenvalue weighted by Crippen LogP contribution is 2.23. The molecule has 0 bridgehead atoms. The molecule has 126 valence electrons. The third-order valence-corrected chi connectivity index (χ3v) is 4.28. The maximum atomic E-state index is 12.6. The van der Waals surface area contributed by atoms with Crippen LogP contribution < -0.4 is 4.74 Å². The van der Waals surface area contributed by atoms with Crippen LogP contribution in [0.5, 0.6) is 11.5 Å². The number of benzene rings is 1.